The van der Waals surface area contributed by atoms with E-state index in [0.717, 1.165) is 23.5 Å². The van der Waals surface area contributed by atoms with Crippen molar-refractivity contribution in [2.24, 2.45) is 0 Å². The first kappa shape index (κ1) is 13.7. The van der Waals surface area contributed by atoms with E-state index < -0.39 is 0 Å². The van der Waals surface area contributed by atoms with Crippen molar-refractivity contribution in [2.45, 2.75) is 45.8 Å². The molecule has 0 unspecified atom stereocenters. The molecule has 106 valence electrons. The number of rotatable bonds is 2. The summed E-state index contributed by atoms with van der Waals surface area (Å²) in [7, 11) is 0. The molecule has 2 atom stereocenters. The molecule has 2 nitrogen and oxygen atoms in total. The summed E-state index contributed by atoms with van der Waals surface area (Å²) in [4.78, 5) is 8.11. The number of halogens is 1. The van der Waals surface area contributed by atoms with Gasteiger partial charge in [-0.15, -0.1) is 11.3 Å². The first-order valence-corrected chi connectivity index (χ1v) is 7.81. The van der Waals surface area contributed by atoms with Crippen molar-refractivity contribution in [2.75, 3.05) is 0 Å². The summed E-state index contributed by atoms with van der Waals surface area (Å²) in [6, 6.07) is 5.93. The van der Waals surface area contributed by atoms with Gasteiger partial charge in [0, 0.05) is 29.7 Å². The average molecular weight is 290 g/mol. The van der Waals surface area contributed by atoms with Crippen LogP contribution in [0.15, 0.2) is 24.4 Å². The molecule has 0 radical (unpaired) electrons. The molecule has 3 rings (SSSR count). The van der Waals surface area contributed by atoms with Crippen LogP contribution in [-0.4, -0.2) is 15.9 Å². The zero-order chi connectivity index (χ0) is 14.3. The van der Waals surface area contributed by atoms with Gasteiger partial charge in [-0.05, 0) is 50.5 Å². The molecule has 0 spiro atoms. The molecule has 2 aromatic rings. The Hall–Kier alpha value is -1.26. The van der Waals surface area contributed by atoms with Gasteiger partial charge in [0.05, 0.1) is 5.01 Å². The minimum atomic E-state index is -0.130. The summed E-state index contributed by atoms with van der Waals surface area (Å²) < 4.78 is 13.4. The molecule has 0 saturated heterocycles. The summed E-state index contributed by atoms with van der Waals surface area (Å²) in [6.07, 6.45) is 2.88. The number of hydrogen-bond acceptors (Lipinski definition) is 3. The van der Waals surface area contributed by atoms with E-state index in [1.165, 1.54) is 10.4 Å². The first-order chi connectivity index (χ1) is 9.54. The standard InChI is InChI=1S/C16H19FN2S/c1-10-6-13-7-14(17)4-5-16(13)11(2)19(10)9-15-8-18-12(3)20-15/h4-5,7-8,10-11H,6,9H2,1-3H3/t10-,11-/m1/s1. The smallest absolute Gasteiger partial charge is 0.123 e. The van der Waals surface area contributed by atoms with Crippen LogP contribution in [0.4, 0.5) is 4.39 Å². The van der Waals surface area contributed by atoms with Crippen molar-refractivity contribution >= 4 is 11.3 Å². The van der Waals surface area contributed by atoms with Crippen LogP contribution in [0.2, 0.25) is 0 Å². The number of aromatic nitrogens is 1. The van der Waals surface area contributed by atoms with Gasteiger partial charge >= 0.3 is 0 Å². The van der Waals surface area contributed by atoms with E-state index in [1.807, 2.05) is 19.2 Å². The van der Waals surface area contributed by atoms with Gasteiger partial charge in [0.1, 0.15) is 5.82 Å². The predicted octanol–water partition coefficient (Wildman–Crippen LogP) is 4.10. The third-order valence-corrected chi connectivity index (χ3v) is 5.04. The molecule has 0 saturated carbocycles. The zero-order valence-corrected chi connectivity index (χ0v) is 12.9. The number of benzene rings is 1. The van der Waals surface area contributed by atoms with Crippen LogP contribution in [0.1, 0.15) is 40.9 Å². The van der Waals surface area contributed by atoms with Gasteiger partial charge in [-0.2, -0.15) is 0 Å². The van der Waals surface area contributed by atoms with Gasteiger partial charge in [-0.25, -0.2) is 9.37 Å². The lowest BCUT2D eigenvalue weighted by Gasteiger charge is -2.40. The maximum absolute atomic E-state index is 13.4. The topological polar surface area (TPSA) is 16.1 Å². The van der Waals surface area contributed by atoms with Crippen LogP contribution < -0.4 is 0 Å². The monoisotopic (exact) mass is 290 g/mol. The van der Waals surface area contributed by atoms with Crippen LogP contribution >= 0.6 is 11.3 Å². The molecule has 4 heteroatoms. The van der Waals surface area contributed by atoms with Crippen LogP contribution in [-0.2, 0) is 13.0 Å². The maximum Gasteiger partial charge on any atom is 0.123 e. The SMILES string of the molecule is Cc1ncc(CN2[C@H](C)Cc3cc(F)ccc3[C@H]2C)s1. The van der Waals surface area contributed by atoms with Gasteiger partial charge < -0.3 is 0 Å². The van der Waals surface area contributed by atoms with Crippen molar-refractivity contribution in [3.63, 3.8) is 0 Å². The predicted molar refractivity (Wildman–Crippen MR) is 80.4 cm³/mol. The minimum absolute atomic E-state index is 0.130. The van der Waals surface area contributed by atoms with Crippen molar-refractivity contribution in [3.05, 3.63) is 51.2 Å². The molecule has 0 amide bonds. The molecule has 20 heavy (non-hydrogen) atoms. The van der Waals surface area contributed by atoms with Crippen molar-refractivity contribution in [3.8, 4) is 0 Å². The highest BCUT2D eigenvalue weighted by molar-refractivity contribution is 7.11. The molecular formula is C16H19FN2S. The molecule has 0 aliphatic carbocycles. The van der Waals surface area contributed by atoms with Crippen LogP contribution in [0.5, 0.6) is 0 Å². The lowest BCUT2D eigenvalue weighted by Crippen LogP contribution is -2.40. The van der Waals surface area contributed by atoms with E-state index in [-0.39, 0.29) is 5.82 Å². The maximum atomic E-state index is 13.4. The third-order valence-electron chi connectivity index (χ3n) is 4.14. The Morgan fingerprint density at radius 3 is 2.90 bits per heavy atom. The first-order valence-electron chi connectivity index (χ1n) is 7.00. The second-order valence-electron chi connectivity index (χ2n) is 5.59. The molecular weight excluding hydrogens is 271 g/mol. The molecule has 1 aliphatic rings. The molecule has 1 aliphatic heterocycles. The number of fused-ring (bicyclic) bond motifs is 1. The lowest BCUT2D eigenvalue weighted by molar-refractivity contribution is 0.130. The van der Waals surface area contributed by atoms with Gasteiger partial charge in [-0.3, -0.25) is 4.90 Å². The van der Waals surface area contributed by atoms with Crippen LogP contribution in [0, 0.1) is 12.7 Å². The molecule has 2 heterocycles. The average Bonchev–Trinajstić information content (AvgIpc) is 2.80. The number of hydrogen-bond donors (Lipinski definition) is 0. The van der Waals surface area contributed by atoms with Crippen LogP contribution in [0.25, 0.3) is 0 Å². The highest BCUT2D eigenvalue weighted by Gasteiger charge is 2.29. The molecule has 0 bridgehead atoms. The lowest BCUT2D eigenvalue weighted by atomic mass is 9.89. The summed E-state index contributed by atoms with van der Waals surface area (Å²) in [5, 5.41) is 1.11. The van der Waals surface area contributed by atoms with Gasteiger partial charge in [0.25, 0.3) is 0 Å². The summed E-state index contributed by atoms with van der Waals surface area (Å²) >= 11 is 1.76. The van der Waals surface area contributed by atoms with E-state index in [4.69, 9.17) is 0 Å². The highest BCUT2D eigenvalue weighted by Crippen LogP contribution is 2.34. The minimum Gasteiger partial charge on any atom is -0.288 e. The third kappa shape index (κ3) is 2.50. The Balaban J connectivity index is 1.88. The Bertz CT molecular complexity index is 623. The fourth-order valence-corrected chi connectivity index (χ4v) is 3.91. The largest absolute Gasteiger partial charge is 0.288 e. The van der Waals surface area contributed by atoms with E-state index >= 15 is 0 Å². The Labute approximate surface area is 123 Å². The van der Waals surface area contributed by atoms with Crippen molar-refractivity contribution in [1.82, 2.24) is 9.88 Å². The molecule has 1 aromatic heterocycles. The summed E-state index contributed by atoms with van der Waals surface area (Å²) in [5.74, 6) is -0.130. The second-order valence-corrected chi connectivity index (χ2v) is 6.91. The number of nitrogens with zero attached hydrogens (tertiary/aromatic N) is 2. The fraction of sp³-hybridized carbons (Fsp3) is 0.438. The summed E-state index contributed by atoms with van der Waals surface area (Å²) in [5.41, 5.74) is 2.41. The van der Waals surface area contributed by atoms with Gasteiger partial charge in [-0.1, -0.05) is 6.07 Å². The Kier molecular flexibility index (Phi) is 3.61. The zero-order valence-electron chi connectivity index (χ0n) is 12.1. The molecule has 0 fully saturated rings. The normalized spacial score (nSPS) is 22.8. The van der Waals surface area contributed by atoms with Crippen molar-refractivity contribution < 1.29 is 4.39 Å². The van der Waals surface area contributed by atoms with Crippen molar-refractivity contribution in [1.29, 1.82) is 0 Å². The van der Waals surface area contributed by atoms with Gasteiger partial charge in [0.2, 0.25) is 0 Å². The van der Waals surface area contributed by atoms with E-state index in [2.05, 4.69) is 23.7 Å². The Morgan fingerprint density at radius 1 is 1.40 bits per heavy atom. The van der Waals surface area contributed by atoms with Gasteiger partial charge in [0.15, 0.2) is 0 Å². The summed E-state index contributed by atoms with van der Waals surface area (Å²) in [6.45, 7) is 7.39. The Morgan fingerprint density at radius 2 is 2.20 bits per heavy atom. The second kappa shape index (κ2) is 5.26. The van der Waals surface area contributed by atoms with E-state index in [9.17, 15) is 4.39 Å². The molecule has 0 N–H and O–H groups in total. The number of aryl methyl sites for hydroxylation is 1. The quantitative estimate of drug-likeness (QED) is 0.828. The van der Waals surface area contributed by atoms with E-state index in [0.29, 0.717) is 12.1 Å². The molecule has 1 aromatic carbocycles. The highest BCUT2D eigenvalue weighted by atomic mass is 32.1. The van der Waals surface area contributed by atoms with Crippen LogP contribution in [0.3, 0.4) is 0 Å². The van der Waals surface area contributed by atoms with E-state index in [1.54, 1.807) is 23.5 Å². The fourth-order valence-electron chi connectivity index (χ4n) is 3.11. The number of thiazole rings is 1.